The van der Waals surface area contributed by atoms with Crippen molar-refractivity contribution in [2.45, 2.75) is 31.3 Å². The number of primary amides is 1. The second-order valence-electron chi connectivity index (χ2n) is 3.30. The number of carbonyl (C=O) groups excluding carboxylic acids is 1. The second kappa shape index (κ2) is 4.71. The predicted molar refractivity (Wildman–Crippen MR) is 44.8 cm³/mol. The van der Waals surface area contributed by atoms with Crippen LogP contribution in [0.3, 0.4) is 0 Å². The van der Waals surface area contributed by atoms with E-state index in [-0.39, 0.29) is 7.11 Å². The lowest BCUT2D eigenvalue weighted by atomic mass is 9.83. The fraction of sp³-hybridized carbons (Fsp3) is 0.875. The number of nitrogens with two attached hydrogens (primary N) is 1. The largest absolute Gasteiger partial charge is 0.427 e. The summed E-state index contributed by atoms with van der Waals surface area (Å²) in [7, 11) is 0.243. The molecule has 0 aliphatic heterocycles. The van der Waals surface area contributed by atoms with Crippen molar-refractivity contribution >= 4 is 5.91 Å². The number of halogens is 6. The van der Waals surface area contributed by atoms with Crippen molar-refractivity contribution in [1.29, 1.82) is 0 Å². The van der Waals surface area contributed by atoms with Gasteiger partial charge in [-0.15, -0.1) is 0 Å². The molecule has 0 heterocycles. The molecule has 0 aromatic rings. The van der Waals surface area contributed by atoms with Crippen LogP contribution in [-0.2, 0) is 9.53 Å². The number of amides is 1. The SMILES string of the molecule is CCC(C(N)=O)C(OC)(C(F)(F)F)C(F)(F)F. The average Bonchev–Trinajstić information content (AvgIpc) is 2.08. The molecule has 3 nitrogen and oxygen atoms in total. The van der Waals surface area contributed by atoms with Crippen molar-refractivity contribution in [3.63, 3.8) is 0 Å². The maximum Gasteiger partial charge on any atom is 0.427 e. The molecule has 1 unspecified atom stereocenters. The zero-order valence-corrected chi connectivity index (χ0v) is 8.95. The first kappa shape index (κ1) is 16.0. The highest BCUT2D eigenvalue weighted by Crippen LogP contribution is 2.50. The van der Waals surface area contributed by atoms with Crippen LogP contribution < -0.4 is 5.73 Å². The Morgan fingerprint density at radius 3 is 1.59 bits per heavy atom. The number of carbonyl (C=O) groups is 1. The molecule has 0 aliphatic rings. The number of rotatable bonds is 4. The Balaban J connectivity index is 5.92. The smallest absolute Gasteiger partial charge is 0.369 e. The predicted octanol–water partition coefficient (Wildman–Crippen LogP) is 2.01. The van der Waals surface area contributed by atoms with Gasteiger partial charge in [0.2, 0.25) is 5.91 Å². The summed E-state index contributed by atoms with van der Waals surface area (Å²) in [5.41, 5.74) is 0.0144. The van der Waals surface area contributed by atoms with Crippen molar-refractivity contribution in [3.05, 3.63) is 0 Å². The van der Waals surface area contributed by atoms with Gasteiger partial charge in [-0.1, -0.05) is 6.92 Å². The van der Waals surface area contributed by atoms with Gasteiger partial charge in [0.1, 0.15) is 0 Å². The van der Waals surface area contributed by atoms with E-state index >= 15 is 0 Å². The molecule has 2 N–H and O–H groups in total. The van der Waals surface area contributed by atoms with Gasteiger partial charge in [-0.05, 0) is 6.42 Å². The zero-order valence-electron chi connectivity index (χ0n) is 8.95. The van der Waals surface area contributed by atoms with E-state index in [0.29, 0.717) is 0 Å². The molecule has 0 radical (unpaired) electrons. The van der Waals surface area contributed by atoms with Crippen molar-refractivity contribution in [1.82, 2.24) is 0 Å². The second-order valence-corrected chi connectivity index (χ2v) is 3.30. The molecule has 0 rings (SSSR count). The first-order valence-corrected chi connectivity index (χ1v) is 4.43. The Morgan fingerprint density at radius 1 is 1.18 bits per heavy atom. The number of alkyl halides is 6. The highest BCUT2D eigenvalue weighted by molar-refractivity contribution is 5.78. The highest BCUT2D eigenvalue weighted by atomic mass is 19.4. The van der Waals surface area contributed by atoms with Crippen molar-refractivity contribution < 1.29 is 35.9 Å². The Kier molecular flexibility index (Phi) is 4.44. The molecule has 0 saturated heterocycles. The van der Waals surface area contributed by atoms with Crippen LogP contribution in [0.1, 0.15) is 13.3 Å². The minimum Gasteiger partial charge on any atom is -0.369 e. The topological polar surface area (TPSA) is 52.3 Å². The fourth-order valence-electron chi connectivity index (χ4n) is 1.62. The van der Waals surface area contributed by atoms with E-state index in [9.17, 15) is 31.1 Å². The average molecular weight is 267 g/mol. The van der Waals surface area contributed by atoms with Crippen LogP contribution in [0.4, 0.5) is 26.3 Å². The van der Waals surface area contributed by atoms with Gasteiger partial charge in [-0.25, -0.2) is 0 Å². The van der Waals surface area contributed by atoms with Gasteiger partial charge < -0.3 is 10.5 Å². The number of methoxy groups -OCH3 is 1. The van der Waals surface area contributed by atoms with Crippen LogP contribution in [0, 0.1) is 5.92 Å². The van der Waals surface area contributed by atoms with Crippen molar-refractivity contribution in [2.24, 2.45) is 11.7 Å². The first-order chi connectivity index (χ1) is 7.45. The monoisotopic (exact) mass is 267 g/mol. The number of ether oxygens (including phenoxy) is 1. The van der Waals surface area contributed by atoms with E-state index in [0.717, 1.165) is 6.92 Å². The highest BCUT2D eigenvalue weighted by Gasteiger charge is 2.76. The standard InChI is InChI=1S/C8H11F6NO2/c1-3-4(5(15)16)6(17-2,7(9,10)11)8(12,13)14/h4H,3H2,1-2H3,(H2,15,16). The molecule has 9 heteroatoms. The lowest BCUT2D eigenvalue weighted by molar-refractivity contribution is -0.387. The van der Waals surface area contributed by atoms with Gasteiger partial charge >= 0.3 is 12.4 Å². The van der Waals surface area contributed by atoms with Crippen LogP contribution in [0.2, 0.25) is 0 Å². The van der Waals surface area contributed by atoms with E-state index in [2.05, 4.69) is 10.5 Å². The van der Waals surface area contributed by atoms with Crippen LogP contribution in [0.15, 0.2) is 0 Å². The molecular weight excluding hydrogens is 256 g/mol. The van der Waals surface area contributed by atoms with Gasteiger partial charge in [-0.2, -0.15) is 26.3 Å². The molecule has 0 aromatic heterocycles. The lowest BCUT2D eigenvalue weighted by Crippen LogP contribution is -2.65. The summed E-state index contributed by atoms with van der Waals surface area (Å²) in [4.78, 5) is 10.8. The van der Waals surface area contributed by atoms with Gasteiger partial charge in [-0.3, -0.25) is 4.79 Å². The Bertz CT molecular complexity index is 271. The third kappa shape index (κ3) is 2.48. The van der Waals surface area contributed by atoms with E-state index in [1.807, 2.05) is 0 Å². The third-order valence-electron chi connectivity index (χ3n) is 2.41. The van der Waals surface area contributed by atoms with Gasteiger partial charge in [0, 0.05) is 7.11 Å². The summed E-state index contributed by atoms with van der Waals surface area (Å²) in [6.07, 6.45) is -12.3. The minimum atomic E-state index is -5.80. The van der Waals surface area contributed by atoms with Crippen LogP contribution >= 0.6 is 0 Å². The van der Waals surface area contributed by atoms with Crippen molar-refractivity contribution in [2.75, 3.05) is 7.11 Å². The summed E-state index contributed by atoms with van der Waals surface area (Å²) in [6.45, 7) is 0.987. The molecule has 0 spiro atoms. The lowest BCUT2D eigenvalue weighted by Gasteiger charge is -2.39. The maximum atomic E-state index is 12.6. The molecule has 0 fully saturated rings. The Labute approximate surface area is 92.9 Å². The van der Waals surface area contributed by atoms with E-state index < -0.39 is 36.2 Å². The summed E-state index contributed by atoms with van der Waals surface area (Å²) < 4.78 is 79.3. The first-order valence-electron chi connectivity index (χ1n) is 4.43. The molecule has 1 amide bonds. The molecule has 0 bridgehead atoms. The zero-order chi connectivity index (χ0) is 14.1. The minimum absolute atomic E-state index is 0.243. The van der Waals surface area contributed by atoms with Crippen LogP contribution in [0.25, 0.3) is 0 Å². The quantitative estimate of drug-likeness (QED) is 0.792. The fourth-order valence-corrected chi connectivity index (χ4v) is 1.62. The van der Waals surface area contributed by atoms with E-state index in [4.69, 9.17) is 0 Å². The normalized spacial score (nSPS) is 15.8. The van der Waals surface area contributed by atoms with Crippen LogP contribution in [-0.4, -0.2) is 31.0 Å². The molecular formula is C8H11F6NO2. The Morgan fingerprint density at radius 2 is 1.53 bits per heavy atom. The summed E-state index contributed by atoms with van der Waals surface area (Å²) in [5.74, 6) is -4.25. The molecule has 102 valence electrons. The van der Waals surface area contributed by atoms with Crippen LogP contribution in [0.5, 0.6) is 0 Å². The molecule has 0 saturated carbocycles. The molecule has 0 aromatic carbocycles. The van der Waals surface area contributed by atoms with E-state index in [1.165, 1.54) is 0 Å². The number of hydrogen-bond acceptors (Lipinski definition) is 2. The summed E-state index contributed by atoms with van der Waals surface area (Å²) in [6, 6.07) is 0. The molecule has 1 atom stereocenters. The van der Waals surface area contributed by atoms with Gasteiger partial charge in [0.25, 0.3) is 5.60 Å². The maximum absolute atomic E-state index is 12.6. The van der Waals surface area contributed by atoms with E-state index in [1.54, 1.807) is 0 Å². The van der Waals surface area contributed by atoms with Gasteiger partial charge in [0.05, 0.1) is 5.92 Å². The third-order valence-corrected chi connectivity index (χ3v) is 2.41. The summed E-state index contributed by atoms with van der Waals surface area (Å²) in [5, 5.41) is 0. The number of hydrogen-bond donors (Lipinski definition) is 1. The van der Waals surface area contributed by atoms with Gasteiger partial charge in [0.15, 0.2) is 0 Å². The molecule has 17 heavy (non-hydrogen) atoms. The Hall–Kier alpha value is -0.990. The molecule has 0 aliphatic carbocycles. The van der Waals surface area contributed by atoms with Crippen molar-refractivity contribution in [3.8, 4) is 0 Å². The summed E-state index contributed by atoms with van der Waals surface area (Å²) >= 11 is 0.